The summed E-state index contributed by atoms with van der Waals surface area (Å²) in [7, 11) is 1.93. The van der Waals surface area contributed by atoms with Gasteiger partial charge in [0, 0.05) is 13.2 Å². The summed E-state index contributed by atoms with van der Waals surface area (Å²) in [5.74, 6) is 0. The van der Waals surface area contributed by atoms with Crippen molar-refractivity contribution in [3.8, 4) is 0 Å². The Bertz CT molecular complexity index is 276. The molecule has 2 rings (SSSR count). The van der Waals surface area contributed by atoms with Crippen molar-refractivity contribution in [2.24, 2.45) is 12.8 Å². The van der Waals surface area contributed by atoms with E-state index in [1.807, 2.05) is 24.0 Å². The highest BCUT2D eigenvalue weighted by atomic mass is 35.5. The molecule has 1 aromatic heterocycles. The fourth-order valence-electron chi connectivity index (χ4n) is 1.94. The van der Waals surface area contributed by atoms with Crippen molar-refractivity contribution in [3.63, 3.8) is 0 Å². The fraction of sp³-hybridized carbons (Fsp3) is 0.667. The molecule has 1 fully saturated rings. The van der Waals surface area contributed by atoms with E-state index in [4.69, 9.17) is 5.73 Å². The number of hydrogen-bond acceptors (Lipinski definition) is 2. The van der Waals surface area contributed by atoms with Gasteiger partial charge in [0.25, 0.3) is 0 Å². The first-order valence-electron chi connectivity index (χ1n) is 4.50. The zero-order valence-corrected chi connectivity index (χ0v) is 8.68. The molecular weight excluding hydrogens is 186 g/mol. The second kappa shape index (κ2) is 3.68. The minimum absolute atomic E-state index is 0. The van der Waals surface area contributed by atoms with E-state index in [-0.39, 0.29) is 17.9 Å². The van der Waals surface area contributed by atoms with Crippen LogP contribution in [0.15, 0.2) is 12.3 Å². The molecule has 13 heavy (non-hydrogen) atoms. The highest BCUT2D eigenvalue weighted by Gasteiger charge is 2.32. The van der Waals surface area contributed by atoms with Crippen LogP contribution in [-0.2, 0) is 12.6 Å². The van der Waals surface area contributed by atoms with Crippen LogP contribution in [0.2, 0.25) is 0 Å². The molecule has 1 saturated carbocycles. The normalized spacial score (nSPS) is 19.8. The van der Waals surface area contributed by atoms with Gasteiger partial charge in [0.2, 0.25) is 0 Å². The first-order chi connectivity index (χ1) is 5.71. The molecule has 0 radical (unpaired) electrons. The Balaban J connectivity index is 0.000000845. The molecule has 0 amide bonds. The fourth-order valence-corrected chi connectivity index (χ4v) is 1.94. The highest BCUT2D eigenvalue weighted by Crippen LogP contribution is 2.34. The summed E-state index contributed by atoms with van der Waals surface area (Å²) >= 11 is 0. The van der Waals surface area contributed by atoms with Crippen LogP contribution in [0.5, 0.6) is 0 Å². The van der Waals surface area contributed by atoms with Crippen LogP contribution in [-0.4, -0.2) is 9.78 Å². The van der Waals surface area contributed by atoms with E-state index in [0.29, 0.717) is 0 Å². The summed E-state index contributed by atoms with van der Waals surface area (Å²) in [6.07, 6.45) is 6.62. The van der Waals surface area contributed by atoms with Crippen LogP contribution in [0.3, 0.4) is 0 Å². The molecule has 1 aromatic rings. The van der Waals surface area contributed by atoms with E-state index < -0.39 is 0 Å². The first kappa shape index (κ1) is 10.5. The summed E-state index contributed by atoms with van der Waals surface area (Å²) in [6.45, 7) is 0. The van der Waals surface area contributed by atoms with Crippen molar-refractivity contribution in [1.29, 1.82) is 0 Å². The predicted octanol–water partition coefficient (Wildman–Crippen LogP) is 1.57. The van der Waals surface area contributed by atoms with Gasteiger partial charge in [-0.3, -0.25) is 4.68 Å². The average molecular weight is 202 g/mol. The number of aryl methyl sites for hydroxylation is 1. The van der Waals surface area contributed by atoms with Gasteiger partial charge in [0.1, 0.15) is 0 Å². The Labute approximate surface area is 84.7 Å². The number of nitrogens with two attached hydrogens (primary N) is 1. The molecule has 3 nitrogen and oxygen atoms in total. The van der Waals surface area contributed by atoms with Gasteiger partial charge < -0.3 is 5.73 Å². The summed E-state index contributed by atoms with van der Waals surface area (Å²) in [4.78, 5) is 0. The van der Waals surface area contributed by atoms with E-state index in [1.54, 1.807) is 0 Å². The minimum Gasteiger partial charge on any atom is -0.320 e. The van der Waals surface area contributed by atoms with E-state index in [1.165, 1.54) is 12.8 Å². The lowest BCUT2D eigenvalue weighted by Crippen LogP contribution is -2.33. The van der Waals surface area contributed by atoms with Crippen LogP contribution in [0.1, 0.15) is 31.4 Å². The van der Waals surface area contributed by atoms with Gasteiger partial charge in [-0.05, 0) is 18.9 Å². The summed E-state index contributed by atoms with van der Waals surface area (Å²) < 4.78 is 1.82. The maximum absolute atomic E-state index is 6.22. The molecule has 0 atom stereocenters. The van der Waals surface area contributed by atoms with Gasteiger partial charge in [0.05, 0.1) is 11.2 Å². The van der Waals surface area contributed by atoms with Crippen LogP contribution in [0.4, 0.5) is 0 Å². The smallest absolute Gasteiger partial charge is 0.0823 e. The molecule has 0 saturated heterocycles. The van der Waals surface area contributed by atoms with Gasteiger partial charge in [-0.2, -0.15) is 5.10 Å². The van der Waals surface area contributed by atoms with Crippen LogP contribution in [0, 0.1) is 0 Å². The number of rotatable bonds is 1. The molecule has 0 unspecified atom stereocenters. The molecule has 0 aromatic carbocycles. The van der Waals surface area contributed by atoms with Crippen molar-refractivity contribution in [1.82, 2.24) is 9.78 Å². The average Bonchev–Trinajstić information content (AvgIpc) is 2.59. The molecular formula is C9H16ClN3. The zero-order valence-electron chi connectivity index (χ0n) is 7.86. The molecule has 4 heteroatoms. The second-order valence-corrected chi connectivity index (χ2v) is 3.74. The SMILES string of the molecule is Cl.Cn1ccc(C2(N)CCCC2)n1. The monoisotopic (exact) mass is 201 g/mol. The molecule has 2 N–H and O–H groups in total. The van der Waals surface area contributed by atoms with Gasteiger partial charge in [-0.15, -0.1) is 12.4 Å². The van der Waals surface area contributed by atoms with Gasteiger partial charge in [-0.25, -0.2) is 0 Å². The van der Waals surface area contributed by atoms with Crippen LogP contribution in [0.25, 0.3) is 0 Å². The molecule has 0 spiro atoms. The Morgan fingerprint density at radius 3 is 2.54 bits per heavy atom. The highest BCUT2D eigenvalue weighted by molar-refractivity contribution is 5.85. The largest absolute Gasteiger partial charge is 0.320 e. The van der Waals surface area contributed by atoms with Crippen molar-refractivity contribution in [3.05, 3.63) is 18.0 Å². The topological polar surface area (TPSA) is 43.8 Å². The predicted molar refractivity (Wildman–Crippen MR) is 54.8 cm³/mol. The lowest BCUT2D eigenvalue weighted by molar-refractivity contribution is 0.441. The first-order valence-corrected chi connectivity index (χ1v) is 4.50. The number of hydrogen-bond donors (Lipinski definition) is 1. The molecule has 1 heterocycles. The maximum Gasteiger partial charge on any atom is 0.0823 e. The Morgan fingerprint density at radius 2 is 2.08 bits per heavy atom. The van der Waals surface area contributed by atoms with Gasteiger partial charge in [-0.1, -0.05) is 12.8 Å². The third-order valence-corrected chi connectivity index (χ3v) is 2.72. The molecule has 0 aliphatic heterocycles. The lowest BCUT2D eigenvalue weighted by Gasteiger charge is -2.20. The number of nitrogens with zero attached hydrogens (tertiary/aromatic N) is 2. The Morgan fingerprint density at radius 1 is 1.46 bits per heavy atom. The molecule has 74 valence electrons. The molecule has 0 bridgehead atoms. The van der Waals surface area contributed by atoms with Crippen LogP contribution >= 0.6 is 12.4 Å². The third-order valence-electron chi connectivity index (χ3n) is 2.72. The van der Waals surface area contributed by atoms with Crippen molar-refractivity contribution in [2.75, 3.05) is 0 Å². The van der Waals surface area contributed by atoms with E-state index >= 15 is 0 Å². The van der Waals surface area contributed by atoms with Crippen LogP contribution < -0.4 is 5.73 Å². The summed E-state index contributed by atoms with van der Waals surface area (Å²) in [6, 6.07) is 2.03. The quantitative estimate of drug-likeness (QED) is 0.750. The van der Waals surface area contributed by atoms with Crippen molar-refractivity contribution < 1.29 is 0 Å². The van der Waals surface area contributed by atoms with Crippen molar-refractivity contribution in [2.45, 2.75) is 31.2 Å². The summed E-state index contributed by atoms with van der Waals surface area (Å²) in [5.41, 5.74) is 7.15. The summed E-state index contributed by atoms with van der Waals surface area (Å²) in [5, 5.41) is 4.36. The number of aromatic nitrogens is 2. The maximum atomic E-state index is 6.22. The molecule has 1 aliphatic rings. The van der Waals surface area contributed by atoms with E-state index in [0.717, 1.165) is 18.5 Å². The van der Waals surface area contributed by atoms with Gasteiger partial charge >= 0.3 is 0 Å². The second-order valence-electron chi connectivity index (χ2n) is 3.74. The van der Waals surface area contributed by atoms with E-state index in [9.17, 15) is 0 Å². The molecule has 1 aliphatic carbocycles. The number of halogens is 1. The van der Waals surface area contributed by atoms with Gasteiger partial charge in [0.15, 0.2) is 0 Å². The minimum atomic E-state index is -0.124. The lowest BCUT2D eigenvalue weighted by atomic mass is 9.95. The van der Waals surface area contributed by atoms with E-state index in [2.05, 4.69) is 5.10 Å². The standard InChI is InChI=1S/C9H15N3.ClH/c1-12-7-4-8(11-12)9(10)5-2-3-6-9;/h4,7H,2-3,5-6,10H2,1H3;1H. The Hall–Kier alpha value is -0.540. The third kappa shape index (κ3) is 1.86. The van der Waals surface area contributed by atoms with Crippen molar-refractivity contribution >= 4 is 12.4 Å². The zero-order chi connectivity index (χ0) is 8.60. The Kier molecular flexibility index (Phi) is 2.98.